The summed E-state index contributed by atoms with van der Waals surface area (Å²) in [5.74, 6) is -1.05. The predicted octanol–water partition coefficient (Wildman–Crippen LogP) is 4.72. The number of nitrogens with zero attached hydrogens (tertiary/aromatic N) is 1. The monoisotopic (exact) mass is 375 g/mol. The fraction of sp³-hybridized carbons (Fsp3) is 0.174. The number of H-pyrrole nitrogens is 1. The van der Waals surface area contributed by atoms with Crippen LogP contribution in [-0.4, -0.2) is 16.0 Å². The summed E-state index contributed by atoms with van der Waals surface area (Å²) in [7, 11) is 0. The number of aromatic nitrogens is 2. The van der Waals surface area contributed by atoms with Crippen LogP contribution in [0.25, 0.3) is 22.2 Å². The average molecular weight is 375 g/mol. The standard InChI is InChI=1S/C23H19F2N3/c24-18-8-13(7-17-16-4-2-1-3-14(16)10-20(17)26)9-19(25)23(18)15-5-6-21-22(11-15)28-12-27-21/h1-6,8-9,11-12,17,20H,7,10,26H2,(H,27,28). The zero-order chi connectivity index (χ0) is 19.3. The molecule has 3 aromatic carbocycles. The Morgan fingerprint density at radius 1 is 1.04 bits per heavy atom. The van der Waals surface area contributed by atoms with E-state index in [0.29, 0.717) is 17.5 Å². The fourth-order valence-electron chi connectivity index (χ4n) is 4.33. The van der Waals surface area contributed by atoms with Crippen LogP contribution < -0.4 is 5.73 Å². The van der Waals surface area contributed by atoms with E-state index in [9.17, 15) is 8.78 Å². The highest BCUT2D eigenvalue weighted by molar-refractivity contribution is 5.81. The molecule has 1 heterocycles. The smallest absolute Gasteiger partial charge is 0.134 e. The van der Waals surface area contributed by atoms with Crippen molar-refractivity contribution < 1.29 is 8.78 Å². The van der Waals surface area contributed by atoms with Gasteiger partial charge in [0.25, 0.3) is 0 Å². The van der Waals surface area contributed by atoms with Crippen molar-refractivity contribution >= 4 is 11.0 Å². The van der Waals surface area contributed by atoms with Gasteiger partial charge in [0.15, 0.2) is 0 Å². The van der Waals surface area contributed by atoms with Crippen molar-refractivity contribution in [1.29, 1.82) is 0 Å². The van der Waals surface area contributed by atoms with Gasteiger partial charge in [-0.05, 0) is 59.4 Å². The lowest BCUT2D eigenvalue weighted by Crippen LogP contribution is -2.26. The van der Waals surface area contributed by atoms with Crippen LogP contribution in [0, 0.1) is 11.6 Å². The molecule has 0 aliphatic heterocycles. The van der Waals surface area contributed by atoms with Crippen LogP contribution in [0.5, 0.6) is 0 Å². The Bertz CT molecular complexity index is 1160. The summed E-state index contributed by atoms with van der Waals surface area (Å²) in [5.41, 5.74) is 11.3. The van der Waals surface area contributed by atoms with Gasteiger partial charge in [0.05, 0.1) is 22.9 Å². The number of hydrogen-bond acceptors (Lipinski definition) is 2. The van der Waals surface area contributed by atoms with E-state index in [0.717, 1.165) is 17.5 Å². The molecular formula is C23H19F2N3. The molecule has 0 radical (unpaired) electrons. The van der Waals surface area contributed by atoms with Gasteiger partial charge in [-0.25, -0.2) is 13.8 Å². The van der Waals surface area contributed by atoms with Gasteiger partial charge in [-0.2, -0.15) is 0 Å². The third-order valence-corrected chi connectivity index (χ3v) is 5.69. The van der Waals surface area contributed by atoms with Crippen LogP contribution in [0.4, 0.5) is 8.78 Å². The summed E-state index contributed by atoms with van der Waals surface area (Å²) in [6, 6.07) is 16.1. The normalized spacial score (nSPS) is 18.5. The maximum atomic E-state index is 14.9. The SMILES string of the molecule is NC1Cc2ccccc2C1Cc1cc(F)c(-c2ccc3nc[nH]c3c2)c(F)c1. The molecular weight excluding hydrogens is 356 g/mol. The van der Waals surface area contributed by atoms with Crippen molar-refractivity contribution in [3.8, 4) is 11.1 Å². The number of nitrogens with two attached hydrogens (primary N) is 1. The number of halogens is 2. The van der Waals surface area contributed by atoms with E-state index in [1.54, 1.807) is 24.5 Å². The molecule has 0 fully saturated rings. The van der Waals surface area contributed by atoms with E-state index in [2.05, 4.69) is 22.1 Å². The minimum absolute atomic E-state index is 0.0172. The summed E-state index contributed by atoms with van der Waals surface area (Å²) in [6.07, 6.45) is 2.88. The molecule has 2 unspecified atom stereocenters. The predicted molar refractivity (Wildman–Crippen MR) is 106 cm³/mol. The minimum atomic E-state index is -0.561. The van der Waals surface area contributed by atoms with Crippen molar-refractivity contribution in [2.45, 2.75) is 24.8 Å². The van der Waals surface area contributed by atoms with Gasteiger partial charge in [-0.1, -0.05) is 30.3 Å². The molecule has 0 amide bonds. The van der Waals surface area contributed by atoms with Gasteiger partial charge in [0.1, 0.15) is 11.6 Å². The first-order valence-electron chi connectivity index (χ1n) is 9.35. The van der Waals surface area contributed by atoms with Crippen molar-refractivity contribution in [1.82, 2.24) is 9.97 Å². The van der Waals surface area contributed by atoms with E-state index in [1.165, 1.54) is 23.3 Å². The number of fused-ring (bicyclic) bond motifs is 2. The van der Waals surface area contributed by atoms with E-state index in [-0.39, 0.29) is 17.5 Å². The first-order chi connectivity index (χ1) is 13.6. The van der Waals surface area contributed by atoms with Gasteiger partial charge in [-0.15, -0.1) is 0 Å². The maximum absolute atomic E-state index is 14.9. The first kappa shape index (κ1) is 17.1. The second kappa shape index (κ2) is 6.53. The Kier molecular flexibility index (Phi) is 3.98. The fourth-order valence-corrected chi connectivity index (χ4v) is 4.33. The number of hydrogen-bond donors (Lipinski definition) is 2. The third-order valence-electron chi connectivity index (χ3n) is 5.69. The minimum Gasteiger partial charge on any atom is -0.345 e. The second-order valence-electron chi connectivity index (χ2n) is 7.45. The van der Waals surface area contributed by atoms with E-state index < -0.39 is 11.6 Å². The van der Waals surface area contributed by atoms with Crippen LogP contribution in [0.2, 0.25) is 0 Å². The van der Waals surface area contributed by atoms with Crippen molar-refractivity contribution in [3.63, 3.8) is 0 Å². The molecule has 4 aromatic rings. The Labute approximate surface area is 161 Å². The summed E-state index contributed by atoms with van der Waals surface area (Å²) in [4.78, 5) is 7.11. The topological polar surface area (TPSA) is 54.7 Å². The molecule has 0 saturated carbocycles. The van der Waals surface area contributed by atoms with Crippen LogP contribution in [0.1, 0.15) is 22.6 Å². The number of imidazole rings is 1. The Balaban J connectivity index is 1.50. The quantitative estimate of drug-likeness (QED) is 0.544. The van der Waals surface area contributed by atoms with Crippen molar-refractivity contribution in [2.75, 3.05) is 0 Å². The molecule has 3 N–H and O–H groups in total. The highest BCUT2D eigenvalue weighted by Gasteiger charge is 2.30. The Morgan fingerprint density at radius 2 is 1.82 bits per heavy atom. The first-order valence-corrected chi connectivity index (χ1v) is 9.35. The van der Waals surface area contributed by atoms with Crippen LogP contribution in [0.15, 0.2) is 60.9 Å². The second-order valence-corrected chi connectivity index (χ2v) is 7.45. The molecule has 28 heavy (non-hydrogen) atoms. The zero-order valence-electron chi connectivity index (χ0n) is 15.1. The number of nitrogens with one attached hydrogen (secondary N) is 1. The van der Waals surface area contributed by atoms with Gasteiger partial charge in [0, 0.05) is 12.0 Å². The van der Waals surface area contributed by atoms with Gasteiger partial charge in [0.2, 0.25) is 0 Å². The molecule has 1 aromatic heterocycles. The van der Waals surface area contributed by atoms with Crippen molar-refractivity contribution in [2.24, 2.45) is 5.73 Å². The highest BCUT2D eigenvalue weighted by Crippen LogP contribution is 2.36. The molecule has 140 valence electrons. The average Bonchev–Trinajstić information content (AvgIpc) is 3.25. The molecule has 5 rings (SSSR count). The highest BCUT2D eigenvalue weighted by atomic mass is 19.1. The summed E-state index contributed by atoms with van der Waals surface area (Å²) < 4.78 is 29.8. The molecule has 1 aliphatic carbocycles. The zero-order valence-corrected chi connectivity index (χ0v) is 15.1. The number of benzene rings is 3. The van der Waals surface area contributed by atoms with Gasteiger partial charge in [-0.3, -0.25) is 0 Å². The van der Waals surface area contributed by atoms with Gasteiger partial charge >= 0.3 is 0 Å². The lowest BCUT2D eigenvalue weighted by Gasteiger charge is -2.18. The lowest BCUT2D eigenvalue weighted by molar-refractivity contribution is 0.556. The molecule has 0 spiro atoms. The Hall–Kier alpha value is -3.05. The van der Waals surface area contributed by atoms with Crippen LogP contribution >= 0.6 is 0 Å². The number of rotatable bonds is 3. The van der Waals surface area contributed by atoms with Gasteiger partial charge < -0.3 is 10.7 Å². The van der Waals surface area contributed by atoms with Crippen LogP contribution in [0.3, 0.4) is 0 Å². The van der Waals surface area contributed by atoms with E-state index in [1.807, 2.05) is 12.1 Å². The lowest BCUT2D eigenvalue weighted by atomic mass is 9.90. The summed E-state index contributed by atoms with van der Waals surface area (Å²) in [5, 5.41) is 0. The Morgan fingerprint density at radius 3 is 2.64 bits per heavy atom. The largest absolute Gasteiger partial charge is 0.345 e. The maximum Gasteiger partial charge on any atom is 0.134 e. The summed E-state index contributed by atoms with van der Waals surface area (Å²) in [6.45, 7) is 0. The third kappa shape index (κ3) is 2.79. The van der Waals surface area contributed by atoms with Crippen molar-refractivity contribution in [3.05, 3.63) is 89.2 Å². The molecule has 1 aliphatic rings. The molecule has 0 saturated heterocycles. The van der Waals surface area contributed by atoms with E-state index in [4.69, 9.17) is 5.73 Å². The van der Waals surface area contributed by atoms with E-state index >= 15 is 0 Å². The molecule has 5 heteroatoms. The molecule has 0 bridgehead atoms. The van der Waals surface area contributed by atoms with Crippen LogP contribution in [-0.2, 0) is 12.8 Å². The molecule has 2 atom stereocenters. The number of aromatic amines is 1. The molecule has 3 nitrogen and oxygen atoms in total. The summed E-state index contributed by atoms with van der Waals surface area (Å²) >= 11 is 0.